The summed E-state index contributed by atoms with van der Waals surface area (Å²) < 4.78 is 0. The van der Waals surface area contributed by atoms with E-state index in [1.807, 2.05) is 34.6 Å². The molecule has 1 rings (SSSR count). The largest absolute Gasteiger partial charge is 0.478 e. The number of pyridine rings is 1. The van der Waals surface area contributed by atoms with Crippen molar-refractivity contribution < 1.29 is 9.90 Å². The van der Waals surface area contributed by atoms with E-state index in [0.29, 0.717) is 16.4 Å². The van der Waals surface area contributed by atoms with Crippen LogP contribution in [0.2, 0.25) is 5.02 Å². The molecule has 0 aliphatic rings. The monoisotopic (exact) mass is 270 g/mol. The topological polar surface area (TPSA) is 62.2 Å². The average Bonchev–Trinajstić information content (AvgIpc) is 2.17. The Labute approximate surface area is 112 Å². The van der Waals surface area contributed by atoms with Crippen LogP contribution in [-0.4, -0.2) is 22.1 Å². The molecule has 0 aliphatic carbocycles. The Morgan fingerprint density at radius 3 is 2.39 bits per heavy atom. The standard InChI is InChI=1S/C13H19ClN2O2/c1-7(2)16-10-8(12(17)18)6-15-11(9(10)14)13(3,4)5/h6-7H,1-5H3,(H,15,16)(H,17,18). The van der Waals surface area contributed by atoms with Crippen molar-refractivity contribution in [3.05, 3.63) is 22.5 Å². The minimum absolute atomic E-state index is 0.0934. The van der Waals surface area contributed by atoms with E-state index in [2.05, 4.69) is 10.3 Å². The summed E-state index contributed by atoms with van der Waals surface area (Å²) in [5.74, 6) is -1.03. The highest BCUT2D eigenvalue weighted by molar-refractivity contribution is 6.34. The van der Waals surface area contributed by atoms with Crippen LogP contribution >= 0.6 is 11.6 Å². The van der Waals surface area contributed by atoms with E-state index in [1.54, 1.807) is 0 Å². The van der Waals surface area contributed by atoms with E-state index in [4.69, 9.17) is 16.7 Å². The Bertz CT molecular complexity index is 465. The van der Waals surface area contributed by atoms with Crippen LogP contribution in [-0.2, 0) is 5.41 Å². The zero-order chi connectivity index (χ0) is 14.1. The maximum atomic E-state index is 11.2. The second kappa shape index (κ2) is 5.14. The molecule has 0 aromatic carbocycles. The van der Waals surface area contributed by atoms with E-state index in [1.165, 1.54) is 6.20 Å². The summed E-state index contributed by atoms with van der Waals surface area (Å²) in [7, 11) is 0. The summed E-state index contributed by atoms with van der Waals surface area (Å²) in [5.41, 5.74) is 1.000. The van der Waals surface area contributed by atoms with Gasteiger partial charge in [-0.25, -0.2) is 4.79 Å². The lowest BCUT2D eigenvalue weighted by Gasteiger charge is -2.23. The molecule has 0 spiro atoms. The van der Waals surface area contributed by atoms with Crippen LogP contribution in [0.25, 0.3) is 0 Å². The van der Waals surface area contributed by atoms with Gasteiger partial charge in [0.25, 0.3) is 0 Å². The number of carbonyl (C=O) groups is 1. The molecule has 0 atom stereocenters. The Kier molecular flexibility index (Phi) is 4.22. The van der Waals surface area contributed by atoms with Crippen molar-refractivity contribution in [1.82, 2.24) is 4.98 Å². The second-order valence-electron chi connectivity index (χ2n) is 5.56. The zero-order valence-corrected chi connectivity index (χ0v) is 12.1. The Balaban J connectivity index is 3.45. The fraction of sp³-hybridized carbons (Fsp3) is 0.538. The summed E-state index contributed by atoms with van der Waals surface area (Å²) in [6, 6.07) is 0.0934. The molecule has 1 aromatic heterocycles. The fourth-order valence-electron chi connectivity index (χ4n) is 1.60. The molecule has 1 heterocycles. The lowest BCUT2D eigenvalue weighted by atomic mass is 9.90. The van der Waals surface area contributed by atoms with Gasteiger partial charge in [-0.3, -0.25) is 4.98 Å². The molecule has 2 N–H and O–H groups in total. The molecule has 1 aromatic rings. The van der Waals surface area contributed by atoms with E-state index in [0.717, 1.165) is 0 Å². The van der Waals surface area contributed by atoms with Gasteiger partial charge in [-0.05, 0) is 13.8 Å². The first-order valence-electron chi connectivity index (χ1n) is 5.83. The number of hydrogen-bond acceptors (Lipinski definition) is 3. The number of nitrogens with one attached hydrogen (secondary N) is 1. The number of rotatable bonds is 3. The van der Waals surface area contributed by atoms with Crippen molar-refractivity contribution in [2.24, 2.45) is 0 Å². The number of carboxylic acid groups (broad SMARTS) is 1. The number of carboxylic acids is 1. The number of nitrogens with zero attached hydrogens (tertiary/aromatic N) is 1. The van der Waals surface area contributed by atoms with Gasteiger partial charge in [-0.2, -0.15) is 0 Å². The predicted octanol–water partition coefficient (Wildman–Crippen LogP) is 3.55. The van der Waals surface area contributed by atoms with Gasteiger partial charge in [-0.1, -0.05) is 32.4 Å². The molecular formula is C13H19ClN2O2. The summed E-state index contributed by atoms with van der Waals surface area (Å²) in [4.78, 5) is 15.4. The second-order valence-corrected chi connectivity index (χ2v) is 5.94. The first-order valence-corrected chi connectivity index (χ1v) is 6.21. The minimum atomic E-state index is -1.03. The summed E-state index contributed by atoms with van der Waals surface area (Å²) in [6.07, 6.45) is 1.36. The highest BCUT2D eigenvalue weighted by Gasteiger charge is 2.25. The van der Waals surface area contributed by atoms with Crippen LogP contribution in [0.4, 0.5) is 5.69 Å². The third-order valence-electron chi connectivity index (χ3n) is 2.39. The maximum absolute atomic E-state index is 11.2. The number of aromatic nitrogens is 1. The van der Waals surface area contributed by atoms with Crippen LogP contribution in [0.15, 0.2) is 6.20 Å². The molecule has 0 bridgehead atoms. The Morgan fingerprint density at radius 1 is 1.44 bits per heavy atom. The minimum Gasteiger partial charge on any atom is -0.478 e. The van der Waals surface area contributed by atoms with Crippen molar-refractivity contribution in [3.63, 3.8) is 0 Å². The first-order chi connectivity index (χ1) is 8.14. The normalized spacial score (nSPS) is 11.7. The highest BCUT2D eigenvalue weighted by Crippen LogP contribution is 2.35. The van der Waals surface area contributed by atoms with Gasteiger partial charge in [0.1, 0.15) is 5.56 Å². The van der Waals surface area contributed by atoms with E-state index in [9.17, 15) is 4.79 Å². The zero-order valence-electron chi connectivity index (χ0n) is 11.3. The van der Waals surface area contributed by atoms with Crippen LogP contribution in [0, 0.1) is 0 Å². The van der Waals surface area contributed by atoms with E-state index in [-0.39, 0.29) is 17.0 Å². The highest BCUT2D eigenvalue weighted by atomic mass is 35.5. The van der Waals surface area contributed by atoms with Crippen molar-refractivity contribution in [2.45, 2.75) is 46.1 Å². The van der Waals surface area contributed by atoms with Crippen LogP contribution < -0.4 is 5.32 Å². The van der Waals surface area contributed by atoms with Crippen molar-refractivity contribution in [2.75, 3.05) is 5.32 Å². The molecule has 4 nitrogen and oxygen atoms in total. The number of halogens is 1. The molecule has 0 radical (unpaired) electrons. The van der Waals surface area contributed by atoms with E-state index >= 15 is 0 Å². The Hall–Kier alpha value is -1.29. The number of hydrogen-bond donors (Lipinski definition) is 2. The molecule has 18 heavy (non-hydrogen) atoms. The molecule has 0 amide bonds. The SMILES string of the molecule is CC(C)Nc1c(C(=O)O)cnc(C(C)(C)C)c1Cl. The van der Waals surface area contributed by atoms with Gasteiger partial charge in [0.2, 0.25) is 0 Å². The van der Waals surface area contributed by atoms with Crippen LogP contribution in [0.5, 0.6) is 0 Å². The van der Waals surface area contributed by atoms with Crippen molar-refractivity contribution in [1.29, 1.82) is 0 Å². The molecule has 0 saturated carbocycles. The van der Waals surface area contributed by atoms with Gasteiger partial charge < -0.3 is 10.4 Å². The number of anilines is 1. The number of aromatic carboxylic acids is 1. The fourth-order valence-corrected chi connectivity index (χ4v) is 2.09. The molecule has 5 heteroatoms. The summed E-state index contributed by atoms with van der Waals surface area (Å²) in [6.45, 7) is 9.82. The molecule has 100 valence electrons. The van der Waals surface area contributed by atoms with Gasteiger partial charge in [-0.15, -0.1) is 0 Å². The Morgan fingerprint density at radius 2 is 2.00 bits per heavy atom. The van der Waals surface area contributed by atoms with Gasteiger partial charge in [0.05, 0.1) is 16.4 Å². The van der Waals surface area contributed by atoms with Crippen molar-refractivity contribution in [3.8, 4) is 0 Å². The quantitative estimate of drug-likeness (QED) is 0.882. The molecule has 0 saturated heterocycles. The molecular weight excluding hydrogens is 252 g/mol. The third-order valence-corrected chi connectivity index (χ3v) is 2.76. The van der Waals surface area contributed by atoms with Crippen LogP contribution in [0.1, 0.15) is 50.7 Å². The maximum Gasteiger partial charge on any atom is 0.339 e. The van der Waals surface area contributed by atoms with Gasteiger partial charge >= 0.3 is 5.97 Å². The summed E-state index contributed by atoms with van der Waals surface area (Å²) >= 11 is 6.30. The van der Waals surface area contributed by atoms with Gasteiger partial charge in [0, 0.05) is 17.7 Å². The molecule has 0 aliphatic heterocycles. The molecule has 0 unspecified atom stereocenters. The summed E-state index contributed by atoms with van der Waals surface area (Å²) in [5, 5.41) is 12.6. The van der Waals surface area contributed by atoms with Crippen LogP contribution in [0.3, 0.4) is 0 Å². The lowest BCUT2D eigenvalue weighted by Crippen LogP contribution is -2.19. The van der Waals surface area contributed by atoms with E-state index < -0.39 is 5.97 Å². The third kappa shape index (κ3) is 3.13. The average molecular weight is 271 g/mol. The lowest BCUT2D eigenvalue weighted by molar-refractivity contribution is 0.0697. The smallest absolute Gasteiger partial charge is 0.339 e. The molecule has 0 fully saturated rings. The first kappa shape index (κ1) is 14.8. The van der Waals surface area contributed by atoms with Gasteiger partial charge in [0.15, 0.2) is 0 Å². The van der Waals surface area contributed by atoms with Crippen molar-refractivity contribution >= 4 is 23.3 Å². The predicted molar refractivity (Wildman–Crippen MR) is 73.7 cm³/mol.